The normalized spacial score (nSPS) is 17.6. The van der Waals surface area contributed by atoms with Crippen LogP contribution in [0.3, 0.4) is 0 Å². The molecule has 0 aliphatic carbocycles. The van der Waals surface area contributed by atoms with Gasteiger partial charge in [0.15, 0.2) is 12.2 Å². The van der Waals surface area contributed by atoms with Gasteiger partial charge in [0.2, 0.25) is 0 Å². The predicted molar refractivity (Wildman–Crippen MR) is 136 cm³/mol. The summed E-state index contributed by atoms with van der Waals surface area (Å²) >= 11 is 6.08. The molecule has 1 fully saturated rings. The molecule has 0 aromatic heterocycles. The largest absolute Gasteiger partial charge is 0.496 e. The third kappa shape index (κ3) is 6.26. The van der Waals surface area contributed by atoms with Crippen LogP contribution in [-0.4, -0.2) is 55.0 Å². The molecule has 10 heteroatoms. The van der Waals surface area contributed by atoms with E-state index in [0.29, 0.717) is 22.0 Å². The van der Waals surface area contributed by atoms with Crippen LogP contribution in [0.1, 0.15) is 5.56 Å². The Kier molecular flexibility index (Phi) is 8.39. The van der Waals surface area contributed by atoms with Gasteiger partial charge in [-0.05, 0) is 29.3 Å². The summed E-state index contributed by atoms with van der Waals surface area (Å²) in [6.45, 7) is -0.297. The maximum absolute atomic E-state index is 12.9. The summed E-state index contributed by atoms with van der Waals surface area (Å²) in [7, 11) is 1.53. The van der Waals surface area contributed by atoms with Gasteiger partial charge in [0, 0.05) is 12.0 Å². The van der Waals surface area contributed by atoms with Crippen molar-refractivity contribution in [2.75, 3.05) is 19.2 Å². The molecule has 1 saturated heterocycles. The molecule has 0 radical (unpaired) electrons. The van der Waals surface area contributed by atoms with E-state index >= 15 is 0 Å². The molecule has 3 N–H and O–H groups in total. The molecule has 37 heavy (non-hydrogen) atoms. The number of carbonyl (C=O) groups excluding carboxylic acids is 2. The van der Waals surface area contributed by atoms with Crippen LogP contribution in [0.15, 0.2) is 72.8 Å². The Balaban J connectivity index is 1.45. The summed E-state index contributed by atoms with van der Waals surface area (Å²) in [5.74, 6) is -2.09. The maximum atomic E-state index is 12.9. The zero-order chi connectivity index (χ0) is 26.4. The van der Waals surface area contributed by atoms with Gasteiger partial charge < -0.3 is 30.0 Å². The van der Waals surface area contributed by atoms with E-state index in [1.54, 1.807) is 36.4 Å². The number of rotatable bonds is 9. The lowest BCUT2D eigenvalue weighted by Crippen LogP contribution is -2.51. The number of anilines is 1. The highest BCUT2D eigenvalue weighted by Crippen LogP contribution is 2.31. The Morgan fingerprint density at radius 1 is 1.00 bits per heavy atom. The van der Waals surface area contributed by atoms with Crippen molar-refractivity contribution in [3.05, 3.63) is 83.4 Å². The SMILES string of the molecule is COc1cc(C[C@H](NC(=O)[C@@H]2OCO[C@H]2C(=O)Nc2ccccc2Cl)C(=O)O)ccc1-c1ccccc1. The third-order valence-corrected chi connectivity index (χ3v) is 6.15. The van der Waals surface area contributed by atoms with Crippen LogP contribution in [0.4, 0.5) is 5.69 Å². The molecule has 3 aromatic carbocycles. The van der Waals surface area contributed by atoms with Gasteiger partial charge in [-0.25, -0.2) is 4.79 Å². The van der Waals surface area contributed by atoms with Crippen molar-refractivity contribution in [1.29, 1.82) is 0 Å². The molecule has 1 aliphatic rings. The Morgan fingerprint density at radius 2 is 1.68 bits per heavy atom. The van der Waals surface area contributed by atoms with Crippen molar-refractivity contribution in [1.82, 2.24) is 5.32 Å². The van der Waals surface area contributed by atoms with E-state index < -0.39 is 36.0 Å². The first-order valence-corrected chi connectivity index (χ1v) is 11.8. The Labute approximate surface area is 218 Å². The molecular formula is C27H25ClN2O7. The Hall–Kier alpha value is -3.92. The molecule has 3 atom stereocenters. The van der Waals surface area contributed by atoms with Gasteiger partial charge >= 0.3 is 5.97 Å². The highest BCUT2D eigenvalue weighted by atomic mass is 35.5. The molecule has 9 nitrogen and oxygen atoms in total. The van der Waals surface area contributed by atoms with Crippen LogP contribution >= 0.6 is 11.6 Å². The summed E-state index contributed by atoms with van der Waals surface area (Å²) in [5.41, 5.74) is 2.79. The van der Waals surface area contributed by atoms with Gasteiger partial charge in [0.25, 0.3) is 11.8 Å². The van der Waals surface area contributed by atoms with Gasteiger partial charge in [0.1, 0.15) is 18.6 Å². The molecule has 0 saturated carbocycles. The molecule has 4 rings (SSSR count). The minimum Gasteiger partial charge on any atom is -0.496 e. The summed E-state index contributed by atoms with van der Waals surface area (Å²) in [6.07, 6.45) is -2.63. The quantitative estimate of drug-likeness (QED) is 0.391. The maximum Gasteiger partial charge on any atom is 0.326 e. The van der Waals surface area contributed by atoms with E-state index in [1.165, 1.54) is 7.11 Å². The molecule has 0 bridgehead atoms. The lowest BCUT2D eigenvalue weighted by molar-refractivity contribution is -0.144. The second-order valence-corrected chi connectivity index (χ2v) is 8.67. The van der Waals surface area contributed by atoms with Gasteiger partial charge in [-0.15, -0.1) is 0 Å². The number of amides is 2. The average molecular weight is 525 g/mol. The van der Waals surface area contributed by atoms with Gasteiger partial charge in [0.05, 0.1) is 17.8 Å². The van der Waals surface area contributed by atoms with Crippen LogP contribution < -0.4 is 15.4 Å². The number of methoxy groups -OCH3 is 1. The Morgan fingerprint density at radius 3 is 2.35 bits per heavy atom. The van der Waals surface area contributed by atoms with E-state index in [-0.39, 0.29) is 13.2 Å². The fourth-order valence-corrected chi connectivity index (χ4v) is 4.14. The van der Waals surface area contributed by atoms with Crippen molar-refractivity contribution >= 4 is 35.1 Å². The zero-order valence-electron chi connectivity index (χ0n) is 19.8. The van der Waals surface area contributed by atoms with E-state index in [0.717, 1.165) is 11.1 Å². The molecular weight excluding hydrogens is 500 g/mol. The number of carbonyl (C=O) groups is 3. The molecule has 0 unspecified atom stereocenters. The number of ether oxygens (including phenoxy) is 3. The average Bonchev–Trinajstić information content (AvgIpc) is 3.40. The minimum absolute atomic E-state index is 0.0173. The molecule has 1 aliphatic heterocycles. The first-order valence-electron chi connectivity index (χ1n) is 11.4. The number of carboxylic acid groups (broad SMARTS) is 1. The number of aliphatic carboxylic acids is 1. The fourth-order valence-electron chi connectivity index (χ4n) is 3.96. The highest BCUT2D eigenvalue weighted by Gasteiger charge is 2.41. The Bertz CT molecular complexity index is 1280. The van der Waals surface area contributed by atoms with Crippen molar-refractivity contribution in [2.24, 2.45) is 0 Å². The van der Waals surface area contributed by atoms with Gasteiger partial charge in [-0.3, -0.25) is 9.59 Å². The standard InChI is InChI=1S/C27H25ClN2O7/c1-35-22-14-16(11-12-18(22)17-7-3-2-4-8-17)13-21(27(33)34)30-26(32)24-23(36-15-37-24)25(31)29-20-10-6-5-9-19(20)28/h2-12,14,21,23-24H,13,15H2,1H3,(H,29,31)(H,30,32)(H,33,34)/t21-,23+,24+/m0/s1. The van der Waals surface area contributed by atoms with Crippen LogP contribution in [-0.2, 0) is 30.3 Å². The number of carboxylic acids is 1. The number of hydrogen-bond acceptors (Lipinski definition) is 6. The monoisotopic (exact) mass is 524 g/mol. The van der Waals surface area contributed by atoms with E-state index in [9.17, 15) is 19.5 Å². The van der Waals surface area contributed by atoms with Crippen LogP contribution in [0.5, 0.6) is 5.75 Å². The van der Waals surface area contributed by atoms with Crippen LogP contribution in [0.2, 0.25) is 5.02 Å². The van der Waals surface area contributed by atoms with E-state index in [1.807, 2.05) is 36.4 Å². The fraction of sp³-hybridized carbons (Fsp3) is 0.222. The number of benzene rings is 3. The lowest BCUT2D eigenvalue weighted by atomic mass is 9.99. The van der Waals surface area contributed by atoms with E-state index in [2.05, 4.69) is 10.6 Å². The van der Waals surface area contributed by atoms with Crippen LogP contribution in [0.25, 0.3) is 11.1 Å². The summed E-state index contributed by atoms with van der Waals surface area (Å²) in [4.78, 5) is 37.6. The molecule has 0 spiro atoms. The zero-order valence-corrected chi connectivity index (χ0v) is 20.6. The van der Waals surface area contributed by atoms with Gasteiger partial charge in [-0.1, -0.05) is 66.2 Å². The first kappa shape index (κ1) is 26.2. The summed E-state index contributed by atoms with van der Waals surface area (Å²) in [5, 5.41) is 15.1. The topological polar surface area (TPSA) is 123 Å². The smallest absolute Gasteiger partial charge is 0.326 e. The number of nitrogens with one attached hydrogen (secondary N) is 2. The minimum atomic E-state index is -1.33. The van der Waals surface area contributed by atoms with Gasteiger partial charge in [-0.2, -0.15) is 0 Å². The molecule has 1 heterocycles. The van der Waals surface area contributed by atoms with Crippen molar-refractivity contribution in [3.8, 4) is 16.9 Å². The van der Waals surface area contributed by atoms with Crippen LogP contribution in [0, 0.1) is 0 Å². The van der Waals surface area contributed by atoms with E-state index in [4.69, 9.17) is 25.8 Å². The van der Waals surface area contributed by atoms with Crippen molar-refractivity contribution in [2.45, 2.75) is 24.7 Å². The third-order valence-electron chi connectivity index (χ3n) is 5.82. The second-order valence-electron chi connectivity index (χ2n) is 8.27. The predicted octanol–water partition coefficient (Wildman–Crippen LogP) is 3.51. The lowest BCUT2D eigenvalue weighted by Gasteiger charge is -2.20. The second kappa shape index (κ2) is 11.9. The molecule has 3 aromatic rings. The summed E-state index contributed by atoms with van der Waals surface area (Å²) in [6, 6.07) is 20.3. The number of para-hydroxylation sites is 1. The summed E-state index contributed by atoms with van der Waals surface area (Å²) < 4.78 is 16.1. The first-order chi connectivity index (χ1) is 17.9. The molecule has 2 amide bonds. The van der Waals surface area contributed by atoms with Crippen molar-refractivity contribution in [3.63, 3.8) is 0 Å². The van der Waals surface area contributed by atoms with Crippen molar-refractivity contribution < 1.29 is 33.7 Å². The number of halogens is 1. The highest BCUT2D eigenvalue weighted by molar-refractivity contribution is 6.33. The number of hydrogen-bond donors (Lipinski definition) is 3. The molecule has 192 valence electrons.